The molecule has 4 rings (SSSR count). The van der Waals surface area contributed by atoms with Gasteiger partial charge >= 0.3 is 0 Å². The van der Waals surface area contributed by atoms with Gasteiger partial charge < -0.3 is 29.4 Å². The summed E-state index contributed by atoms with van der Waals surface area (Å²) in [6.07, 6.45) is -0.856. The van der Waals surface area contributed by atoms with E-state index in [0.29, 0.717) is 41.8 Å². The zero-order chi connectivity index (χ0) is 26.0. The summed E-state index contributed by atoms with van der Waals surface area (Å²) in [4.78, 5) is 0. The lowest BCUT2D eigenvalue weighted by atomic mass is 9.95. The van der Waals surface area contributed by atoms with Gasteiger partial charge in [-0.1, -0.05) is 72.8 Å². The molecule has 6 heteroatoms. The Morgan fingerprint density at radius 3 is 1.54 bits per heavy atom. The highest BCUT2D eigenvalue weighted by atomic mass is 16.5. The van der Waals surface area contributed by atoms with E-state index in [2.05, 4.69) is 5.32 Å². The molecule has 2 unspecified atom stereocenters. The third kappa shape index (κ3) is 6.61. The van der Waals surface area contributed by atoms with Gasteiger partial charge in [0.1, 0.15) is 13.2 Å². The molecule has 0 bridgehead atoms. The highest BCUT2D eigenvalue weighted by Crippen LogP contribution is 2.38. The van der Waals surface area contributed by atoms with Crippen LogP contribution >= 0.6 is 0 Å². The first-order valence-electron chi connectivity index (χ1n) is 12.2. The van der Waals surface area contributed by atoms with Gasteiger partial charge in [-0.15, -0.1) is 0 Å². The molecule has 192 valence electrons. The van der Waals surface area contributed by atoms with Crippen molar-refractivity contribution in [3.8, 4) is 23.0 Å². The molecule has 0 aromatic heterocycles. The molecule has 0 aliphatic carbocycles. The fourth-order valence-electron chi connectivity index (χ4n) is 4.16. The second-order valence-corrected chi connectivity index (χ2v) is 8.58. The van der Waals surface area contributed by atoms with Crippen molar-refractivity contribution in [2.45, 2.75) is 25.4 Å². The molecule has 2 atom stereocenters. The zero-order valence-corrected chi connectivity index (χ0v) is 21.4. The molecular weight excluding hydrogens is 466 g/mol. The molecule has 6 nitrogen and oxygen atoms in total. The Hall–Kier alpha value is -4.00. The fourth-order valence-corrected chi connectivity index (χ4v) is 4.16. The topological polar surface area (TPSA) is 69.2 Å². The first-order chi connectivity index (χ1) is 18.1. The van der Waals surface area contributed by atoms with Crippen LogP contribution in [0.2, 0.25) is 0 Å². The highest BCUT2D eigenvalue weighted by molar-refractivity contribution is 5.47. The van der Waals surface area contributed by atoms with Gasteiger partial charge in [-0.25, -0.2) is 0 Å². The average Bonchev–Trinajstić information content (AvgIpc) is 2.96. The maximum Gasteiger partial charge on any atom is 0.162 e. The summed E-state index contributed by atoms with van der Waals surface area (Å²) in [5.74, 6) is 2.41. The van der Waals surface area contributed by atoms with Crippen LogP contribution in [0.25, 0.3) is 0 Å². The largest absolute Gasteiger partial charge is 0.493 e. The molecule has 0 fully saturated rings. The molecule has 37 heavy (non-hydrogen) atoms. The van der Waals surface area contributed by atoms with Crippen molar-refractivity contribution in [1.82, 2.24) is 5.32 Å². The summed E-state index contributed by atoms with van der Waals surface area (Å²) >= 11 is 0. The smallest absolute Gasteiger partial charge is 0.162 e. The van der Waals surface area contributed by atoms with Crippen molar-refractivity contribution in [1.29, 1.82) is 0 Å². The van der Waals surface area contributed by atoms with E-state index in [1.54, 1.807) is 14.2 Å². The number of methoxy groups -OCH3 is 2. The lowest BCUT2D eigenvalue weighted by Crippen LogP contribution is -2.24. The molecule has 0 aliphatic heterocycles. The van der Waals surface area contributed by atoms with E-state index < -0.39 is 12.1 Å². The number of benzene rings is 4. The molecule has 4 aromatic carbocycles. The van der Waals surface area contributed by atoms with Crippen LogP contribution in [0.4, 0.5) is 0 Å². The van der Waals surface area contributed by atoms with Crippen LogP contribution in [0.3, 0.4) is 0 Å². The van der Waals surface area contributed by atoms with Gasteiger partial charge in [0.05, 0.1) is 26.4 Å². The lowest BCUT2D eigenvalue weighted by Gasteiger charge is -2.25. The minimum atomic E-state index is -0.856. The number of nitrogens with one attached hydrogen (secondary N) is 1. The van der Waals surface area contributed by atoms with Gasteiger partial charge in [0.25, 0.3) is 0 Å². The SMILES string of the molecule is CNC(c1ccc(OC)c(OCc2ccccc2)c1)C(O)c1ccc(OC)c(OCc2ccccc2)c1. The minimum Gasteiger partial charge on any atom is -0.493 e. The number of ether oxygens (including phenoxy) is 4. The predicted octanol–water partition coefficient (Wildman–Crippen LogP) is 5.86. The Labute approximate surface area is 218 Å². The van der Waals surface area contributed by atoms with E-state index in [0.717, 1.165) is 16.7 Å². The quantitative estimate of drug-likeness (QED) is 0.255. The number of hydrogen-bond donors (Lipinski definition) is 2. The molecule has 0 heterocycles. The van der Waals surface area contributed by atoms with E-state index in [4.69, 9.17) is 18.9 Å². The molecule has 0 amide bonds. The normalized spacial score (nSPS) is 12.4. The highest BCUT2D eigenvalue weighted by Gasteiger charge is 2.24. The van der Waals surface area contributed by atoms with Gasteiger partial charge in [0.15, 0.2) is 23.0 Å². The van der Waals surface area contributed by atoms with Crippen molar-refractivity contribution >= 4 is 0 Å². The molecule has 0 saturated carbocycles. The summed E-state index contributed by atoms with van der Waals surface area (Å²) in [7, 11) is 5.04. The van der Waals surface area contributed by atoms with Crippen LogP contribution in [0, 0.1) is 0 Å². The van der Waals surface area contributed by atoms with Crippen LogP contribution in [0.15, 0.2) is 97.1 Å². The summed E-state index contributed by atoms with van der Waals surface area (Å²) in [5, 5.41) is 14.6. The third-order valence-electron chi connectivity index (χ3n) is 6.18. The van der Waals surface area contributed by atoms with Crippen molar-refractivity contribution < 1.29 is 24.1 Å². The molecule has 0 aliphatic rings. The standard InChI is InChI=1S/C31H33NO5/c1-32-30(24-14-16-26(34-2)28(18-24)36-20-22-10-6-4-7-11-22)31(33)25-15-17-27(35-3)29(19-25)37-21-23-12-8-5-9-13-23/h4-19,30-33H,20-21H2,1-3H3. The lowest BCUT2D eigenvalue weighted by molar-refractivity contribution is 0.132. The van der Waals surface area contributed by atoms with Gasteiger partial charge in [0.2, 0.25) is 0 Å². The molecule has 0 saturated heterocycles. The Morgan fingerprint density at radius 2 is 1.08 bits per heavy atom. The van der Waals surface area contributed by atoms with Crippen molar-refractivity contribution in [3.05, 3.63) is 119 Å². The predicted molar refractivity (Wildman–Crippen MR) is 144 cm³/mol. The molecule has 0 radical (unpaired) electrons. The van der Waals surface area contributed by atoms with Crippen LogP contribution in [-0.2, 0) is 13.2 Å². The monoisotopic (exact) mass is 499 g/mol. The van der Waals surface area contributed by atoms with Crippen LogP contribution in [-0.4, -0.2) is 26.4 Å². The van der Waals surface area contributed by atoms with Crippen LogP contribution in [0.5, 0.6) is 23.0 Å². The summed E-state index contributed by atoms with van der Waals surface area (Å²) in [5.41, 5.74) is 3.67. The van der Waals surface area contributed by atoms with Gasteiger partial charge in [-0.2, -0.15) is 0 Å². The van der Waals surface area contributed by atoms with Crippen molar-refractivity contribution in [3.63, 3.8) is 0 Å². The average molecular weight is 500 g/mol. The van der Waals surface area contributed by atoms with E-state index in [-0.39, 0.29) is 0 Å². The van der Waals surface area contributed by atoms with Gasteiger partial charge in [0, 0.05) is 0 Å². The Balaban J connectivity index is 1.55. The molecule has 0 spiro atoms. The first kappa shape index (κ1) is 26.1. The second kappa shape index (κ2) is 12.8. The number of rotatable bonds is 12. The Bertz CT molecular complexity index is 1260. The van der Waals surface area contributed by atoms with Gasteiger partial charge in [-0.05, 0) is 53.6 Å². The second-order valence-electron chi connectivity index (χ2n) is 8.58. The Kier molecular flexibility index (Phi) is 9.03. The van der Waals surface area contributed by atoms with E-state index in [1.807, 2.05) is 104 Å². The number of aliphatic hydroxyl groups excluding tert-OH is 1. The maximum absolute atomic E-state index is 11.4. The number of likely N-dealkylation sites (N-methyl/N-ethyl adjacent to an activating group) is 1. The van der Waals surface area contributed by atoms with Crippen molar-refractivity contribution in [2.75, 3.05) is 21.3 Å². The molecule has 2 N–H and O–H groups in total. The minimum absolute atomic E-state index is 0.396. The fraction of sp³-hybridized carbons (Fsp3) is 0.226. The van der Waals surface area contributed by atoms with Crippen LogP contribution in [0.1, 0.15) is 34.4 Å². The maximum atomic E-state index is 11.4. The molecule has 4 aromatic rings. The summed E-state index contributed by atoms with van der Waals surface area (Å²) in [6, 6.07) is 30.6. The summed E-state index contributed by atoms with van der Waals surface area (Å²) in [6.45, 7) is 0.806. The van der Waals surface area contributed by atoms with Gasteiger partial charge in [-0.3, -0.25) is 0 Å². The van der Waals surface area contributed by atoms with E-state index in [9.17, 15) is 5.11 Å². The van der Waals surface area contributed by atoms with E-state index >= 15 is 0 Å². The molecular formula is C31H33NO5. The van der Waals surface area contributed by atoms with E-state index in [1.165, 1.54) is 0 Å². The van der Waals surface area contributed by atoms with Crippen molar-refractivity contribution in [2.24, 2.45) is 0 Å². The zero-order valence-electron chi connectivity index (χ0n) is 21.4. The number of hydrogen-bond acceptors (Lipinski definition) is 6. The third-order valence-corrected chi connectivity index (χ3v) is 6.18. The summed E-state index contributed by atoms with van der Waals surface area (Å²) < 4.78 is 23.1. The number of aliphatic hydroxyl groups is 1. The first-order valence-corrected chi connectivity index (χ1v) is 12.2. The Morgan fingerprint density at radius 1 is 0.622 bits per heavy atom. The van der Waals surface area contributed by atoms with Crippen LogP contribution < -0.4 is 24.3 Å².